The summed E-state index contributed by atoms with van der Waals surface area (Å²) in [6.07, 6.45) is 3.51. The van der Waals surface area contributed by atoms with Crippen molar-refractivity contribution >= 4 is 5.91 Å². The van der Waals surface area contributed by atoms with Crippen LogP contribution in [0.1, 0.15) is 5.82 Å². The van der Waals surface area contributed by atoms with E-state index in [0.29, 0.717) is 19.8 Å². The molecule has 1 aliphatic heterocycles. The van der Waals surface area contributed by atoms with Crippen LogP contribution in [0.4, 0.5) is 0 Å². The summed E-state index contributed by atoms with van der Waals surface area (Å²) >= 11 is 0. The van der Waals surface area contributed by atoms with Gasteiger partial charge in [0.15, 0.2) is 0 Å². The van der Waals surface area contributed by atoms with E-state index in [9.17, 15) is 4.79 Å². The minimum Gasteiger partial charge on any atom is -0.348 e. The molecule has 1 saturated heterocycles. The van der Waals surface area contributed by atoms with Crippen LogP contribution in [0, 0.1) is 0 Å². The molecule has 0 aromatic carbocycles. The van der Waals surface area contributed by atoms with Crippen LogP contribution in [0.5, 0.6) is 0 Å². The summed E-state index contributed by atoms with van der Waals surface area (Å²) in [5.41, 5.74) is 0. The number of carbonyl (C=O) groups excluding carboxylic acids is 1. The first kappa shape index (κ1) is 8.25. The van der Waals surface area contributed by atoms with Gasteiger partial charge in [-0.2, -0.15) is 0 Å². The van der Waals surface area contributed by atoms with Crippen molar-refractivity contribution in [3.63, 3.8) is 0 Å². The molecule has 1 fully saturated rings. The Morgan fingerprint density at radius 1 is 1.69 bits per heavy atom. The Morgan fingerprint density at radius 3 is 3.08 bits per heavy atom. The lowest BCUT2D eigenvalue weighted by Crippen LogP contribution is -2.23. The predicted molar refractivity (Wildman–Crippen MR) is 46.6 cm³/mol. The number of likely N-dealkylation sites (N-methyl/N-ethyl adjacent to an activating group) is 1. The molecule has 1 aromatic rings. The topological polar surface area (TPSA) is 52.2 Å². The second-order valence-corrected chi connectivity index (χ2v) is 3.26. The standard InChI is InChI=1S/C8H12N4O/c1-11-6-12(5-8(11)13)4-7-9-2-3-10-7/h2-3H,4-6H2,1H3,(H,9,10). The first-order chi connectivity index (χ1) is 6.25. The van der Waals surface area contributed by atoms with Crippen molar-refractivity contribution in [3.8, 4) is 0 Å². The molecule has 0 spiro atoms. The fourth-order valence-electron chi connectivity index (χ4n) is 1.44. The smallest absolute Gasteiger partial charge is 0.237 e. The van der Waals surface area contributed by atoms with Crippen LogP contribution in [0.2, 0.25) is 0 Å². The lowest BCUT2D eigenvalue weighted by molar-refractivity contribution is -0.125. The molecule has 2 rings (SSSR count). The second-order valence-electron chi connectivity index (χ2n) is 3.26. The van der Waals surface area contributed by atoms with E-state index in [4.69, 9.17) is 0 Å². The highest BCUT2D eigenvalue weighted by Crippen LogP contribution is 2.06. The van der Waals surface area contributed by atoms with E-state index in [2.05, 4.69) is 9.97 Å². The van der Waals surface area contributed by atoms with E-state index in [1.54, 1.807) is 17.3 Å². The van der Waals surface area contributed by atoms with Gasteiger partial charge in [-0.05, 0) is 0 Å². The molecule has 1 amide bonds. The van der Waals surface area contributed by atoms with Gasteiger partial charge in [0.05, 0.1) is 19.8 Å². The highest BCUT2D eigenvalue weighted by Gasteiger charge is 2.24. The van der Waals surface area contributed by atoms with E-state index in [0.717, 1.165) is 5.82 Å². The molecule has 5 heteroatoms. The number of rotatable bonds is 2. The number of nitrogens with zero attached hydrogens (tertiary/aromatic N) is 3. The molecule has 0 radical (unpaired) electrons. The highest BCUT2D eigenvalue weighted by atomic mass is 16.2. The van der Waals surface area contributed by atoms with Crippen molar-refractivity contribution in [1.82, 2.24) is 19.8 Å². The third kappa shape index (κ3) is 1.70. The van der Waals surface area contributed by atoms with Crippen LogP contribution in [0.3, 0.4) is 0 Å². The van der Waals surface area contributed by atoms with E-state index in [-0.39, 0.29) is 5.91 Å². The SMILES string of the molecule is CN1CN(Cc2ncc[nH]2)CC1=O. The van der Waals surface area contributed by atoms with E-state index in [1.165, 1.54) is 0 Å². The third-order valence-corrected chi connectivity index (χ3v) is 2.12. The number of carbonyl (C=O) groups is 1. The summed E-state index contributed by atoms with van der Waals surface area (Å²) in [5, 5.41) is 0. The number of nitrogens with one attached hydrogen (secondary N) is 1. The summed E-state index contributed by atoms with van der Waals surface area (Å²) in [4.78, 5) is 22.0. The van der Waals surface area contributed by atoms with Crippen LogP contribution >= 0.6 is 0 Å². The lowest BCUT2D eigenvalue weighted by Gasteiger charge is -2.12. The van der Waals surface area contributed by atoms with Crippen molar-refractivity contribution in [3.05, 3.63) is 18.2 Å². The molecule has 0 atom stereocenters. The van der Waals surface area contributed by atoms with Crippen LogP contribution in [0.15, 0.2) is 12.4 Å². The van der Waals surface area contributed by atoms with Crippen LogP contribution < -0.4 is 0 Å². The number of aromatic nitrogens is 2. The van der Waals surface area contributed by atoms with Crippen LogP contribution in [-0.4, -0.2) is 45.9 Å². The maximum atomic E-state index is 11.2. The zero-order valence-corrected chi connectivity index (χ0v) is 7.53. The average molecular weight is 180 g/mol. The van der Waals surface area contributed by atoms with Gasteiger partial charge in [0, 0.05) is 19.4 Å². The molecular formula is C8H12N4O. The molecule has 13 heavy (non-hydrogen) atoms. The number of H-pyrrole nitrogens is 1. The molecule has 0 aliphatic carbocycles. The summed E-state index contributed by atoms with van der Waals surface area (Å²) < 4.78 is 0. The number of hydrogen-bond acceptors (Lipinski definition) is 3. The number of amides is 1. The fraction of sp³-hybridized carbons (Fsp3) is 0.500. The van der Waals surface area contributed by atoms with Gasteiger partial charge >= 0.3 is 0 Å². The van der Waals surface area contributed by atoms with Gasteiger partial charge < -0.3 is 9.88 Å². The Bertz CT molecular complexity index is 295. The summed E-state index contributed by atoms with van der Waals surface area (Å²) in [6.45, 7) is 1.90. The van der Waals surface area contributed by atoms with E-state index in [1.807, 2.05) is 11.9 Å². The van der Waals surface area contributed by atoms with Gasteiger partial charge in [-0.3, -0.25) is 9.69 Å². The van der Waals surface area contributed by atoms with Gasteiger partial charge in [0.25, 0.3) is 0 Å². The Hall–Kier alpha value is -1.36. The molecule has 1 aromatic heterocycles. The van der Waals surface area contributed by atoms with Crippen LogP contribution in [0.25, 0.3) is 0 Å². The van der Waals surface area contributed by atoms with Gasteiger partial charge in [-0.25, -0.2) is 4.98 Å². The van der Waals surface area contributed by atoms with Crippen LogP contribution in [-0.2, 0) is 11.3 Å². The lowest BCUT2D eigenvalue weighted by atomic mass is 10.5. The van der Waals surface area contributed by atoms with Crippen molar-refractivity contribution in [1.29, 1.82) is 0 Å². The largest absolute Gasteiger partial charge is 0.348 e. The Morgan fingerprint density at radius 2 is 2.54 bits per heavy atom. The second kappa shape index (κ2) is 3.18. The minimum atomic E-state index is 0.173. The molecule has 0 saturated carbocycles. The van der Waals surface area contributed by atoms with Gasteiger partial charge in [-0.1, -0.05) is 0 Å². The van der Waals surface area contributed by atoms with Crippen molar-refractivity contribution in [2.45, 2.75) is 6.54 Å². The normalized spacial score (nSPS) is 18.5. The molecule has 1 aliphatic rings. The van der Waals surface area contributed by atoms with Crippen molar-refractivity contribution < 1.29 is 4.79 Å². The van der Waals surface area contributed by atoms with Crippen molar-refractivity contribution in [2.75, 3.05) is 20.3 Å². The van der Waals surface area contributed by atoms with E-state index >= 15 is 0 Å². The zero-order valence-electron chi connectivity index (χ0n) is 7.53. The maximum absolute atomic E-state index is 11.2. The monoisotopic (exact) mass is 180 g/mol. The number of aromatic amines is 1. The Kier molecular flexibility index (Phi) is 2.02. The molecule has 5 nitrogen and oxygen atoms in total. The highest BCUT2D eigenvalue weighted by molar-refractivity contribution is 5.79. The minimum absolute atomic E-state index is 0.173. The molecule has 70 valence electrons. The molecule has 0 unspecified atom stereocenters. The number of hydrogen-bond donors (Lipinski definition) is 1. The fourth-order valence-corrected chi connectivity index (χ4v) is 1.44. The predicted octanol–water partition coefficient (Wildman–Crippen LogP) is -0.359. The summed E-state index contributed by atoms with van der Waals surface area (Å²) in [6, 6.07) is 0. The van der Waals surface area contributed by atoms with Gasteiger partial charge in [0.2, 0.25) is 5.91 Å². The first-order valence-electron chi connectivity index (χ1n) is 4.20. The number of imidazole rings is 1. The summed E-state index contributed by atoms with van der Waals surface area (Å²) in [5.74, 6) is 1.08. The zero-order chi connectivity index (χ0) is 9.26. The molecule has 1 N–H and O–H groups in total. The van der Waals surface area contributed by atoms with Gasteiger partial charge in [-0.15, -0.1) is 0 Å². The quantitative estimate of drug-likeness (QED) is 0.676. The molecular weight excluding hydrogens is 168 g/mol. The summed E-state index contributed by atoms with van der Waals surface area (Å²) in [7, 11) is 1.81. The average Bonchev–Trinajstić information content (AvgIpc) is 2.64. The first-order valence-corrected chi connectivity index (χ1v) is 4.20. The van der Waals surface area contributed by atoms with Crippen molar-refractivity contribution in [2.24, 2.45) is 0 Å². The molecule has 2 heterocycles. The molecule has 0 bridgehead atoms. The van der Waals surface area contributed by atoms with E-state index < -0.39 is 0 Å². The Labute approximate surface area is 76.4 Å². The Balaban J connectivity index is 1.94. The third-order valence-electron chi connectivity index (χ3n) is 2.12. The van der Waals surface area contributed by atoms with Gasteiger partial charge in [0.1, 0.15) is 5.82 Å². The maximum Gasteiger partial charge on any atom is 0.237 e.